The molecule has 0 aliphatic carbocycles. The molecule has 0 atom stereocenters. The molecule has 35 heavy (non-hydrogen) atoms. The first kappa shape index (κ1) is 29.2. The Labute approximate surface area is 210 Å². The summed E-state index contributed by atoms with van der Waals surface area (Å²) in [5.41, 5.74) is -1.31. The van der Waals surface area contributed by atoms with Crippen LogP contribution in [0.4, 0.5) is 0 Å². The summed E-state index contributed by atoms with van der Waals surface area (Å²) in [6.45, 7) is 17.6. The second-order valence-corrected chi connectivity index (χ2v) is 12.1. The van der Waals surface area contributed by atoms with Gasteiger partial charge in [-0.3, -0.25) is 0 Å². The van der Waals surface area contributed by atoms with E-state index in [1.54, 1.807) is 24.3 Å². The standard InChI is InChI=1S/C27H44N2O6/c1-10-24(2,3)28(32)25(4,5)15-16-34-22(30)19-11-13-20(14-12-19)23(31)35-21-17-26(6,7)29(33)27(8,9)18-21/h11-14,21,32-33H,10,15-18H2,1-9H3. The second-order valence-electron chi connectivity index (χ2n) is 12.1. The van der Waals surface area contributed by atoms with Crippen LogP contribution in [-0.2, 0) is 9.47 Å². The van der Waals surface area contributed by atoms with Gasteiger partial charge in [-0.25, -0.2) is 9.59 Å². The fourth-order valence-electron chi connectivity index (χ4n) is 4.78. The van der Waals surface area contributed by atoms with Crippen LogP contribution in [0.1, 0.15) is 109 Å². The number of carbonyl (C=O) groups is 2. The third-order valence-corrected chi connectivity index (χ3v) is 7.19. The summed E-state index contributed by atoms with van der Waals surface area (Å²) in [5, 5.41) is 23.7. The van der Waals surface area contributed by atoms with E-state index in [1.165, 1.54) is 10.1 Å². The van der Waals surface area contributed by atoms with Crippen molar-refractivity contribution >= 4 is 11.9 Å². The molecule has 0 saturated carbocycles. The Morgan fingerprint density at radius 2 is 1.43 bits per heavy atom. The Bertz CT molecular complexity index is 873. The van der Waals surface area contributed by atoms with E-state index in [4.69, 9.17) is 9.47 Å². The van der Waals surface area contributed by atoms with Gasteiger partial charge in [-0.15, -0.1) is 0 Å². The van der Waals surface area contributed by atoms with Gasteiger partial charge in [-0.1, -0.05) is 6.92 Å². The van der Waals surface area contributed by atoms with E-state index >= 15 is 0 Å². The first-order chi connectivity index (χ1) is 15.9. The maximum Gasteiger partial charge on any atom is 0.338 e. The number of hydrogen-bond acceptors (Lipinski definition) is 8. The van der Waals surface area contributed by atoms with Gasteiger partial charge in [0.15, 0.2) is 0 Å². The summed E-state index contributed by atoms with van der Waals surface area (Å²) in [5.74, 6) is -0.949. The van der Waals surface area contributed by atoms with Gasteiger partial charge in [0.05, 0.1) is 17.7 Å². The summed E-state index contributed by atoms with van der Waals surface area (Å²) in [6, 6.07) is 6.21. The highest BCUT2D eigenvalue weighted by Crippen LogP contribution is 2.38. The molecular weight excluding hydrogens is 448 g/mol. The summed E-state index contributed by atoms with van der Waals surface area (Å²) in [7, 11) is 0. The summed E-state index contributed by atoms with van der Waals surface area (Å²) < 4.78 is 11.2. The molecule has 2 rings (SSSR count). The molecule has 0 unspecified atom stereocenters. The molecular formula is C27H44N2O6. The van der Waals surface area contributed by atoms with Gasteiger partial charge in [-0.05, 0) is 86.1 Å². The number of benzene rings is 1. The first-order valence-corrected chi connectivity index (χ1v) is 12.4. The van der Waals surface area contributed by atoms with Gasteiger partial charge in [0.25, 0.3) is 0 Å². The number of nitrogens with zero attached hydrogens (tertiary/aromatic N) is 2. The molecule has 1 fully saturated rings. The highest BCUT2D eigenvalue weighted by atomic mass is 16.6. The van der Waals surface area contributed by atoms with Crippen LogP contribution in [0.25, 0.3) is 0 Å². The lowest BCUT2D eigenvalue weighted by Gasteiger charge is -2.50. The van der Waals surface area contributed by atoms with Crippen LogP contribution in [-0.4, -0.2) is 67.3 Å². The number of esters is 2. The van der Waals surface area contributed by atoms with Gasteiger partial charge in [-0.2, -0.15) is 10.1 Å². The van der Waals surface area contributed by atoms with Gasteiger partial charge in [0.1, 0.15) is 6.10 Å². The molecule has 8 heteroatoms. The van der Waals surface area contributed by atoms with Crippen molar-refractivity contribution in [3.05, 3.63) is 35.4 Å². The van der Waals surface area contributed by atoms with Crippen LogP contribution < -0.4 is 0 Å². The minimum atomic E-state index is -0.567. The average Bonchev–Trinajstić information content (AvgIpc) is 2.76. The van der Waals surface area contributed by atoms with Crippen LogP contribution in [0.15, 0.2) is 24.3 Å². The second kappa shape index (κ2) is 10.5. The maximum atomic E-state index is 12.7. The van der Waals surface area contributed by atoms with E-state index in [-0.39, 0.29) is 12.7 Å². The number of carbonyl (C=O) groups excluding carboxylic acids is 2. The van der Waals surface area contributed by atoms with Crippen molar-refractivity contribution in [3.63, 3.8) is 0 Å². The number of ether oxygens (including phenoxy) is 2. The van der Waals surface area contributed by atoms with Crippen molar-refractivity contribution in [2.24, 2.45) is 0 Å². The minimum absolute atomic E-state index is 0.154. The Kier molecular flexibility index (Phi) is 8.81. The molecule has 1 saturated heterocycles. The predicted octanol–water partition coefficient (Wildman–Crippen LogP) is 5.46. The Hall–Kier alpha value is -2.00. The molecule has 1 aromatic carbocycles. The van der Waals surface area contributed by atoms with Gasteiger partial charge in [0, 0.05) is 41.4 Å². The van der Waals surface area contributed by atoms with E-state index in [2.05, 4.69) is 0 Å². The van der Waals surface area contributed by atoms with Crippen molar-refractivity contribution in [3.8, 4) is 0 Å². The monoisotopic (exact) mass is 492 g/mol. The van der Waals surface area contributed by atoms with E-state index in [9.17, 15) is 20.0 Å². The minimum Gasteiger partial charge on any atom is -0.462 e. The lowest BCUT2D eigenvalue weighted by atomic mass is 9.80. The fourth-order valence-corrected chi connectivity index (χ4v) is 4.78. The van der Waals surface area contributed by atoms with Crippen LogP contribution in [0.5, 0.6) is 0 Å². The Morgan fingerprint density at radius 1 is 0.971 bits per heavy atom. The zero-order chi connectivity index (χ0) is 26.8. The first-order valence-electron chi connectivity index (χ1n) is 12.4. The predicted molar refractivity (Wildman–Crippen MR) is 134 cm³/mol. The Balaban J connectivity index is 1.93. The average molecular weight is 493 g/mol. The third-order valence-electron chi connectivity index (χ3n) is 7.19. The van der Waals surface area contributed by atoms with Crippen molar-refractivity contribution in [2.45, 2.75) is 116 Å². The molecule has 1 aliphatic heterocycles. The molecule has 0 spiro atoms. The summed E-state index contributed by atoms with van der Waals surface area (Å²) in [6.07, 6.45) is 1.94. The molecule has 8 nitrogen and oxygen atoms in total. The normalized spacial score (nSPS) is 19.0. The molecule has 198 valence electrons. The quantitative estimate of drug-likeness (QED) is 0.346. The smallest absolute Gasteiger partial charge is 0.338 e. The van der Waals surface area contributed by atoms with Gasteiger partial charge < -0.3 is 19.9 Å². The van der Waals surface area contributed by atoms with E-state index in [1.807, 2.05) is 62.3 Å². The van der Waals surface area contributed by atoms with Gasteiger partial charge >= 0.3 is 11.9 Å². The molecule has 0 aromatic heterocycles. The van der Waals surface area contributed by atoms with Crippen molar-refractivity contribution < 1.29 is 29.5 Å². The number of hydroxylamine groups is 4. The lowest BCUT2D eigenvalue weighted by molar-refractivity contribution is -0.256. The van der Waals surface area contributed by atoms with Gasteiger partial charge in [0.2, 0.25) is 0 Å². The van der Waals surface area contributed by atoms with Crippen molar-refractivity contribution in [2.75, 3.05) is 6.61 Å². The SMILES string of the molecule is CCC(C)(C)N(O)C(C)(C)CCOC(=O)c1ccc(C(=O)OC2CC(C)(C)N(O)C(C)(C)C2)cc1. The van der Waals surface area contributed by atoms with Crippen molar-refractivity contribution in [1.29, 1.82) is 0 Å². The summed E-state index contributed by atoms with van der Waals surface area (Å²) in [4.78, 5) is 25.2. The van der Waals surface area contributed by atoms with Crippen LogP contribution >= 0.6 is 0 Å². The largest absolute Gasteiger partial charge is 0.462 e. The van der Waals surface area contributed by atoms with E-state index in [0.29, 0.717) is 30.4 Å². The van der Waals surface area contributed by atoms with E-state index < -0.39 is 34.1 Å². The molecule has 1 heterocycles. The zero-order valence-electron chi connectivity index (χ0n) is 22.8. The highest BCUT2D eigenvalue weighted by molar-refractivity contribution is 5.93. The van der Waals surface area contributed by atoms with Crippen LogP contribution in [0.3, 0.4) is 0 Å². The molecule has 1 aromatic rings. The maximum absolute atomic E-state index is 12.7. The summed E-state index contributed by atoms with van der Waals surface area (Å²) >= 11 is 0. The number of piperidine rings is 1. The third kappa shape index (κ3) is 7.03. The van der Waals surface area contributed by atoms with E-state index in [0.717, 1.165) is 6.42 Å². The van der Waals surface area contributed by atoms with Crippen LogP contribution in [0.2, 0.25) is 0 Å². The molecule has 1 aliphatic rings. The Morgan fingerprint density at radius 3 is 1.89 bits per heavy atom. The lowest BCUT2D eigenvalue weighted by Crippen LogP contribution is -2.60. The fraction of sp³-hybridized carbons (Fsp3) is 0.704. The molecule has 0 amide bonds. The van der Waals surface area contributed by atoms with Crippen molar-refractivity contribution in [1.82, 2.24) is 10.1 Å². The topological polar surface area (TPSA) is 99.5 Å². The number of hydrogen-bond donors (Lipinski definition) is 2. The molecule has 0 radical (unpaired) electrons. The number of rotatable bonds is 9. The molecule has 0 bridgehead atoms. The highest BCUT2D eigenvalue weighted by Gasteiger charge is 2.46. The zero-order valence-corrected chi connectivity index (χ0v) is 22.8. The molecule has 2 N–H and O–H groups in total. The van der Waals surface area contributed by atoms with Crippen LogP contribution in [0, 0.1) is 0 Å².